The maximum atomic E-state index is 14.0. The molecule has 0 unspecified atom stereocenters. The monoisotopic (exact) mass is 390 g/mol. The van der Waals surface area contributed by atoms with Crippen molar-refractivity contribution in [2.75, 3.05) is 31.1 Å². The van der Waals surface area contributed by atoms with E-state index >= 15 is 0 Å². The number of hydrogen-bond acceptors (Lipinski definition) is 3. The number of aromatic nitrogens is 2. The summed E-state index contributed by atoms with van der Waals surface area (Å²) in [7, 11) is 0. The van der Waals surface area contributed by atoms with Crippen molar-refractivity contribution in [2.24, 2.45) is 0 Å². The fourth-order valence-electron chi connectivity index (χ4n) is 3.98. The van der Waals surface area contributed by atoms with Gasteiger partial charge in [0.15, 0.2) is 0 Å². The zero-order chi connectivity index (χ0) is 20.0. The van der Waals surface area contributed by atoms with E-state index in [1.54, 1.807) is 35.4 Å². The maximum absolute atomic E-state index is 14.0. The lowest BCUT2D eigenvalue weighted by Gasteiger charge is -2.36. The molecule has 1 N–H and O–H groups in total. The van der Waals surface area contributed by atoms with Gasteiger partial charge in [-0.05, 0) is 30.3 Å². The number of fused-ring (bicyclic) bond motifs is 3. The van der Waals surface area contributed by atoms with Crippen LogP contribution in [0.3, 0.4) is 0 Å². The molecular formula is C22H19FN4O2. The van der Waals surface area contributed by atoms with Gasteiger partial charge in [-0.2, -0.15) is 0 Å². The molecule has 0 spiro atoms. The van der Waals surface area contributed by atoms with E-state index in [1.807, 2.05) is 33.6 Å². The van der Waals surface area contributed by atoms with Crippen molar-refractivity contribution in [1.82, 2.24) is 14.3 Å². The largest absolute Gasteiger partial charge is 0.366 e. The summed E-state index contributed by atoms with van der Waals surface area (Å²) in [5, 5.41) is 0.577. The minimum atomic E-state index is -0.248. The van der Waals surface area contributed by atoms with Crippen molar-refractivity contribution < 1.29 is 9.18 Å². The molecule has 0 saturated carbocycles. The van der Waals surface area contributed by atoms with Crippen LogP contribution in [0.4, 0.5) is 10.1 Å². The summed E-state index contributed by atoms with van der Waals surface area (Å²) in [6.45, 7) is 2.16. The van der Waals surface area contributed by atoms with Crippen LogP contribution in [0.5, 0.6) is 0 Å². The molecule has 1 aliphatic heterocycles. The third kappa shape index (κ3) is 2.95. The average molecular weight is 390 g/mol. The average Bonchev–Trinajstić information content (AvgIpc) is 3.18. The fourth-order valence-corrected chi connectivity index (χ4v) is 3.98. The standard InChI is InChI=1S/C22H19FN4O2/c23-17-6-2-4-8-19(17)25-9-11-26(12-10-25)22(29)15-13-20-24-21(28)16-5-1-3-7-18(16)27(20)14-15/h1-8,13-14H,9-12H2,(H,24,28). The van der Waals surface area contributed by atoms with Crippen molar-refractivity contribution in [3.8, 4) is 0 Å². The minimum absolute atomic E-state index is 0.0909. The summed E-state index contributed by atoms with van der Waals surface area (Å²) in [5.41, 5.74) is 2.26. The van der Waals surface area contributed by atoms with Gasteiger partial charge in [0.1, 0.15) is 11.5 Å². The van der Waals surface area contributed by atoms with Crippen LogP contribution in [0.1, 0.15) is 10.4 Å². The van der Waals surface area contributed by atoms with Crippen LogP contribution in [0.2, 0.25) is 0 Å². The second kappa shape index (κ2) is 6.77. The Hall–Kier alpha value is -3.61. The van der Waals surface area contributed by atoms with Crippen LogP contribution >= 0.6 is 0 Å². The molecule has 29 heavy (non-hydrogen) atoms. The van der Waals surface area contributed by atoms with E-state index in [9.17, 15) is 14.0 Å². The van der Waals surface area contributed by atoms with Crippen LogP contribution < -0.4 is 10.5 Å². The van der Waals surface area contributed by atoms with Gasteiger partial charge in [0.25, 0.3) is 11.5 Å². The van der Waals surface area contributed by atoms with Crippen molar-refractivity contribution in [3.63, 3.8) is 0 Å². The van der Waals surface area contributed by atoms with E-state index in [-0.39, 0.29) is 17.3 Å². The molecule has 0 bridgehead atoms. The number of carbonyl (C=O) groups excluding carboxylic acids is 1. The summed E-state index contributed by atoms with van der Waals surface area (Å²) < 4.78 is 15.9. The lowest BCUT2D eigenvalue weighted by Crippen LogP contribution is -2.49. The molecule has 1 amide bonds. The summed E-state index contributed by atoms with van der Waals surface area (Å²) in [6, 6.07) is 15.7. The molecular weight excluding hydrogens is 371 g/mol. The molecule has 146 valence electrons. The van der Waals surface area contributed by atoms with Gasteiger partial charge in [0.05, 0.1) is 22.2 Å². The third-order valence-corrected chi connectivity index (χ3v) is 5.48. The third-order valence-electron chi connectivity index (χ3n) is 5.48. The zero-order valence-electron chi connectivity index (χ0n) is 15.6. The highest BCUT2D eigenvalue weighted by molar-refractivity contribution is 5.96. The number of aromatic amines is 1. The highest BCUT2D eigenvalue weighted by Crippen LogP contribution is 2.21. The number of piperazine rings is 1. The van der Waals surface area contributed by atoms with E-state index in [0.29, 0.717) is 48.5 Å². The van der Waals surface area contributed by atoms with Gasteiger partial charge in [-0.15, -0.1) is 0 Å². The van der Waals surface area contributed by atoms with Gasteiger partial charge in [0.2, 0.25) is 0 Å². The Bertz CT molecular complexity index is 1280. The van der Waals surface area contributed by atoms with Crippen LogP contribution in [0.25, 0.3) is 16.6 Å². The highest BCUT2D eigenvalue weighted by atomic mass is 19.1. The molecule has 5 rings (SSSR count). The molecule has 7 heteroatoms. The van der Waals surface area contributed by atoms with Gasteiger partial charge in [-0.3, -0.25) is 9.59 Å². The Kier molecular flexibility index (Phi) is 4.08. The Labute approximate surface area is 165 Å². The van der Waals surface area contributed by atoms with Crippen LogP contribution in [-0.4, -0.2) is 46.4 Å². The number of carbonyl (C=O) groups is 1. The number of nitrogens with one attached hydrogen (secondary N) is 1. The second-order valence-electron chi connectivity index (χ2n) is 7.19. The molecule has 0 radical (unpaired) electrons. The Morgan fingerprint density at radius 1 is 0.966 bits per heavy atom. The summed E-state index contributed by atoms with van der Waals surface area (Å²) in [4.78, 5) is 31.9. The molecule has 3 heterocycles. The predicted octanol–water partition coefficient (Wildman–Crippen LogP) is 2.88. The Morgan fingerprint density at radius 3 is 2.48 bits per heavy atom. The molecule has 1 aliphatic rings. The molecule has 2 aromatic carbocycles. The lowest BCUT2D eigenvalue weighted by atomic mass is 10.2. The van der Waals surface area contributed by atoms with Gasteiger partial charge < -0.3 is 19.2 Å². The predicted molar refractivity (Wildman–Crippen MR) is 110 cm³/mol. The van der Waals surface area contributed by atoms with E-state index in [2.05, 4.69) is 4.98 Å². The first-order chi connectivity index (χ1) is 14.1. The Balaban J connectivity index is 1.40. The van der Waals surface area contributed by atoms with Crippen LogP contribution in [0, 0.1) is 5.82 Å². The molecule has 6 nitrogen and oxygen atoms in total. The zero-order valence-corrected chi connectivity index (χ0v) is 15.6. The minimum Gasteiger partial charge on any atom is -0.366 e. The SMILES string of the molecule is O=C(c1cc2[nH]c(=O)c3ccccc3n2c1)N1CCN(c2ccccc2F)CC1. The number of H-pyrrole nitrogens is 1. The number of nitrogens with zero attached hydrogens (tertiary/aromatic N) is 3. The van der Waals surface area contributed by atoms with E-state index < -0.39 is 0 Å². The fraction of sp³-hybridized carbons (Fsp3) is 0.182. The number of para-hydroxylation sites is 2. The van der Waals surface area contributed by atoms with E-state index in [4.69, 9.17) is 0 Å². The molecule has 0 aliphatic carbocycles. The normalized spacial score (nSPS) is 14.7. The molecule has 1 saturated heterocycles. The van der Waals surface area contributed by atoms with Crippen LogP contribution in [-0.2, 0) is 0 Å². The van der Waals surface area contributed by atoms with Crippen molar-refractivity contribution >= 4 is 28.1 Å². The number of amides is 1. The van der Waals surface area contributed by atoms with Gasteiger partial charge in [-0.1, -0.05) is 24.3 Å². The Morgan fingerprint density at radius 2 is 1.69 bits per heavy atom. The van der Waals surface area contributed by atoms with E-state index in [0.717, 1.165) is 5.52 Å². The van der Waals surface area contributed by atoms with E-state index in [1.165, 1.54) is 6.07 Å². The first-order valence-corrected chi connectivity index (χ1v) is 9.54. The van der Waals surface area contributed by atoms with Gasteiger partial charge in [0, 0.05) is 32.4 Å². The topological polar surface area (TPSA) is 60.8 Å². The summed E-state index contributed by atoms with van der Waals surface area (Å²) >= 11 is 0. The second-order valence-corrected chi connectivity index (χ2v) is 7.19. The van der Waals surface area contributed by atoms with Crippen molar-refractivity contribution in [2.45, 2.75) is 0 Å². The first-order valence-electron chi connectivity index (χ1n) is 9.54. The maximum Gasteiger partial charge on any atom is 0.258 e. The molecule has 0 atom stereocenters. The van der Waals surface area contributed by atoms with Crippen molar-refractivity contribution in [1.29, 1.82) is 0 Å². The number of halogens is 1. The number of rotatable bonds is 2. The number of anilines is 1. The summed E-state index contributed by atoms with van der Waals surface area (Å²) in [5.74, 6) is -0.339. The summed E-state index contributed by atoms with van der Waals surface area (Å²) in [6.07, 6.45) is 1.76. The molecule has 2 aromatic heterocycles. The lowest BCUT2D eigenvalue weighted by molar-refractivity contribution is 0.0747. The molecule has 4 aromatic rings. The first kappa shape index (κ1) is 17.5. The smallest absolute Gasteiger partial charge is 0.258 e. The highest BCUT2D eigenvalue weighted by Gasteiger charge is 2.24. The van der Waals surface area contributed by atoms with Gasteiger partial charge >= 0.3 is 0 Å². The van der Waals surface area contributed by atoms with Gasteiger partial charge in [-0.25, -0.2) is 4.39 Å². The number of hydrogen-bond donors (Lipinski definition) is 1. The number of benzene rings is 2. The van der Waals surface area contributed by atoms with Crippen molar-refractivity contribution in [3.05, 3.63) is 82.5 Å². The quantitative estimate of drug-likeness (QED) is 0.573. The molecule has 1 fully saturated rings. The van der Waals surface area contributed by atoms with Crippen LogP contribution in [0.15, 0.2) is 65.6 Å².